The van der Waals surface area contributed by atoms with E-state index in [1.807, 2.05) is 12.3 Å². The van der Waals surface area contributed by atoms with Crippen molar-refractivity contribution in [1.82, 2.24) is 4.98 Å². The van der Waals surface area contributed by atoms with Gasteiger partial charge in [0.15, 0.2) is 0 Å². The van der Waals surface area contributed by atoms with Crippen molar-refractivity contribution in [3.8, 4) is 5.75 Å². The molecule has 0 unspecified atom stereocenters. The highest BCUT2D eigenvalue weighted by Gasteiger charge is 2.03. The lowest BCUT2D eigenvalue weighted by Crippen LogP contribution is -1.98. The van der Waals surface area contributed by atoms with E-state index in [4.69, 9.17) is 4.74 Å². The first-order chi connectivity index (χ1) is 8.15. The molecule has 1 aromatic rings. The Labute approximate surface area is 103 Å². The van der Waals surface area contributed by atoms with Gasteiger partial charge in [0.05, 0.1) is 13.7 Å². The summed E-state index contributed by atoms with van der Waals surface area (Å²) in [4.78, 5) is 13.2. The second kappa shape index (κ2) is 9.63. The Balaban J connectivity index is 0.000000437. The van der Waals surface area contributed by atoms with Crippen molar-refractivity contribution in [1.29, 1.82) is 0 Å². The molecule has 0 atom stereocenters. The van der Waals surface area contributed by atoms with Crippen molar-refractivity contribution in [2.24, 2.45) is 5.92 Å². The molecule has 0 bridgehead atoms. The van der Waals surface area contributed by atoms with Gasteiger partial charge < -0.3 is 9.47 Å². The zero-order valence-electron chi connectivity index (χ0n) is 11.0. The van der Waals surface area contributed by atoms with Crippen molar-refractivity contribution in [3.63, 3.8) is 0 Å². The van der Waals surface area contributed by atoms with Gasteiger partial charge in [0.2, 0.25) is 0 Å². The lowest BCUT2D eigenvalue weighted by molar-refractivity contribution is -0.128. The maximum atomic E-state index is 9.18. The fourth-order valence-electron chi connectivity index (χ4n) is 1.27. The Morgan fingerprint density at radius 3 is 2.59 bits per heavy atom. The lowest BCUT2D eigenvalue weighted by Gasteiger charge is -2.08. The van der Waals surface area contributed by atoms with E-state index in [0.29, 0.717) is 19.0 Å². The molecule has 0 amide bonds. The zero-order chi connectivity index (χ0) is 13.1. The molecular weight excluding hydrogens is 218 g/mol. The minimum atomic E-state index is 0.431. The van der Waals surface area contributed by atoms with Crippen LogP contribution < -0.4 is 4.74 Å². The highest BCUT2D eigenvalue weighted by molar-refractivity contribution is 5.36. The molecule has 0 radical (unpaired) electrons. The summed E-state index contributed by atoms with van der Waals surface area (Å²) in [5, 5.41) is 0. The van der Waals surface area contributed by atoms with Crippen LogP contribution in [0.4, 0.5) is 0 Å². The molecule has 96 valence electrons. The molecule has 4 nitrogen and oxygen atoms in total. The largest absolute Gasteiger partial charge is 0.496 e. The summed E-state index contributed by atoms with van der Waals surface area (Å²) in [5.74, 6) is 1.58. The summed E-state index contributed by atoms with van der Waals surface area (Å²) >= 11 is 0. The first-order valence-electron chi connectivity index (χ1n) is 5.67. The van der Waals surface area contributed by atoms with Gasteiger partial charge in [-0.25, -0.2) is 0 Å². The third-order valence-corrected chi connectivity index (χ3v) is 1.94. The molecular formula is C13H21NO3. The minimum Gasteiger partial charge on any atom is -0.496 e. The van der Waals surface area contributed by atoms with Gasteiger partial charge in [0, 0.05) is 18.0 Å². The topological polar surface area (TPSA) is 48.4 Å². The van der Waals surface area contributed by atoms with Crippen molar-refractivity contribution in [3.05, 3.63) is 24.0 Å². The number of carbonyl (C=O) groups is 1. The zero-order valence-corrected chi connectivity index (χ0v) is 11.0. The first-order valence-corrected chi connectivity index (χ1v) is 5.67. The quantitative estimate of drug-likeness (QED) is 0.741. The van der Waals surface area contributed by atoms with Crippen LogP contribution in [0.2, 0.25) is 0 Å². The van der Waals surface area contributed by atoms with Gasteiger partial charge in [0.25, 0.3) is 6.47 Å². The third-order valence-electron chi connectivity index (χ3n) is 1.94. The van der Waals surface area contributed by atoms with E-state index in [1.54, 1.807) is 20.2 Å². The molecule has 1 heterocycles. The number of carbonyl (C=O) groups excluding carboxylic acids is 1. The summed E-state index contributed by atoms with van der Waals surface area (Å²) in [6.45, 7) is 7.04. The van der Waals surface area contributed by atoms with Gasteiger partial charge in [-0.1, -0.05) is 13.8 Å². The highest BCUT2D eigenvalue weighted by Crippen LogP contribution is 2.18. The van der Waals surface area contributed by atoms with Gasteiger partial charge in [0.1, 0.15) is 5.75 Å². The maximum Gasteiger partial charge on any atom is 0.293 e. The number of ether oxygens (including phenoxy) is 2. The molecule has 1 aromatic heterocycles. The van der Waals surface area contributed by atoms with Gasteiger partial charge in [-0.3, -0.25) is 9.78 Å². The summed E-state index contributed by atoms with van der Waals surface area (Å²) in [7, 11) is 1.69. The van der Waals surface area contributed by atoms with Crippen LogP contribution in [0.5, 0.6) is 5.75 Å². The smallest absolute Gasteiger partial charge is 0.293 e. The number of aromatic nitrogens is 1. The second-order valence-electron chi connectivity index (χ2n) is 3.84. The van der Waals surface area contributed by atoms with Crippen LogP contribution in [0.3, 0.4) is 0 Å². The Hall–Kier alpha value is -1.58. The average Bonchev–Trinajstić information content (AvgIpc) is 2.31. The first kappa shape index (κ1) is 15.4. The standard InChI is InChI=1S/C10H15NO.C3H6O2/c1-8(2)6-9-7-11-5-4-10(9)12-3;1-2-5-3-4/h4-5,7-8H,6H2,1-3H3;3H,2H2,1H3. The van der Waals surface area contributed by atoms with Crippen LogP contribution in [-0.2, 0) is 16.0 Å². The van der Waals surface area contributed by atoms with Crippen LogP contribution in [0.25, 0.3) is 0 Å². The summed E-state index contributed by atoms with van der Waals surface area (Å²) in [6, 6.07) is 1.90. The third kappa shape index (κ3) is 7.33. The second-order valence-corrected chi connectivity index (χ2v) is 3.84. The summed E-state index contributed by atoms with van der Waals surface area (Å²) in [6.07, 6.45) is 4.65. The fraction of sp³-hybridized carbons (Fsp3) is 0.538. The van der Waals surface area contributed by atoms with E-state index in [1.165, 1.54) is 5.56 Å². The van der Waals surface area contributed by atoms with Crippen LogP contribution in [0, 0.1) is 5.92 Å². The Morgan fingerprint density at radius 2 is 2.18 bits per heavy atom. The van der Waals surface area contributed by atoms with Crippen LogP contribution >= 0.6 is 0 Å². The van der Waals surface area contributed by atoms with E-state index in [0.717, 1.165) is 12.2 Å². The molecule has 0 saturated heterocycles. The van der Waals surface area contributed by atoms with Crippen LogP contribution in [-0.4, -0.2) is 25.2 Å². The fourth-order valence-corrected chi connectivity index (χ4v) is 1.27. The van der Waals surface area contributed by atoms with E-state index >= 15 is 0 Å². The van der Waals surface area contributed by atoms with Crippen molar-refractivity contribution in [2.75, 3.05) is 13.7 Å². The van der Waals surface area contributed by atoms with E-state index in [2.05, 4.69) is 23.6 Å². The number of hydrogen-bond acceptors (Lipinski definition) is 4. The van der Waals surface area contributed by atoms with Gasteiger partial charge in [-0.2, -0.15) is 0 Å². The van der Waals surface area contributed by atoms with Crippen LogP contribution in [0.1, 0.15) is 26.3 Å². The molecule has 4 heteroatoms. The molecule has 0 aliphatic carbocycles. The van der Waals surface area contributed by atoms with Crippen molar-refractivity contribution >= 4 is 6.47 Å². The van der Waals surface area contributed by atoms with Gasteiger partial charge >= 0.3 is 0 Å². The molecule has 0 N–H and O–H groups in total. The minimum absolute atomic E-state index is 0.431. The van der Waals surface area contributed by atoms with Gasteiger partial charge in [-0.05, 0) is 25.3 Å². The predicted molar refractivity (Wildman–Crippen MR) is 67.0 cm³/mol. The normalized spacial score (nSPS) is 9.24. The SMILES string of the molecule is CCOC=O.COc1ccncc1CC(C)C. The predicted octanol–water partition coefficient (Wildman–Crippen LogP) is 2.47. The summed E-state index contributed by atoms with van der Waals surface area (Å²) < 4.78 is 9.36. The molecule has 17 heavy (non-hydrogen) atoms. The van der Waals surface area contributed by atoms with E-state index in [-0.39, 0.29) is 0 Å². The van der Waals surface area contributed by atoms with Crippen LogP contribution in [0.15, 0.2) is 18.5 Å². The molecule has 0 fully saturated rings. The Bertz CT molecular complexity index is 313. The summed E-state index contributed by atoms with van der Waals surface area (Å²) in [5.41, 5.74) is 1.19. The Morgan fingerprint density at radius 1 is 1.47 bits per heavy atom. The molecule has 0 aliphatic heterocycles. The molecule has 1 rings (SSSR count). The number of nitrogens with zero attached hydrogens (tertiary/aromatic N) is 1. The van der Waals surface area contributed by atoms with Crippen molar-refractivity contribution < 1.29 is 14.3 Å². The number of rotatable bonds is 5. The number of pyridine rings is 1. The Kier molecular flexibility index (Phi) is 8.74. The molecule has 0 saturated carbocycles. The highest BCUT2D eigenvalue weighted by atomic mass is 16.5. The van der Waals surface area contributed by atoms with Crippen molar-refractivity contribution in [2.45, 2.75) is 27.2 Å². The number of methoxy groups -OCH3 is 1. The number of hydrogen-bond donors (Lipinski definition) is 0. The van der Waals surface area contributed by atoms with Gasteiger partial charge in [-0.15, -0.1) is 0 Å². The van der Waals surface area contributed by atoms with E-state index in [9.17, 15) is 4.79 Å². The van der Waals surface area contributed by atoms with E-state index < -0.39 is 0 Å². The lowest BCUT2D eigenvalue weighted by atomic mass is 10.0. The molecule has 0 aromatic carbocycles. The monoisotopic (exact) mass is 239 g/mol. The average molecular weight is 239 g/mol. The maximum absolute atomic E-state index is 9.18. The molecule has 0 spiro atoms. The molecule has 0 aliphatic rings.